The molecule has 2 spiro atoms. The van der Waals surface area contributed by atoms with Crippen LogP contribution in [-0.2, 0) is 10.8 Å². The van der Waals surface area contributed by atoms with Crippen LogP contribution in [0.2, 0.25) is 0 Å². The van der Waals surface area contributed by atoms with Gasteiger partial charge in [0.05, 0.1) is 16.5 Å². The number of benzene rings is 12. The molecule has 2 aliphatic carbocycles. The fraction of sp³-hybridized carbons (Fsp3) is 0.0270. The van der Waals surface area contributed by atoms with Gasteiger partial charge in [0, 0.05) is 39.2 Å². The number of ether oxygens (including phenoxy) is 2. The van der Waals surface area contributed by atoms with E-state index in [1.165, 1.54) is 55.6 Å². The molecule has 0 fully saturated rings. The third kappa shape index (κ3) is 6.08. The summed E-state index contributed by atoms with van der Waals surface area (Å²) in [6.45, 7) is 0. The Morgan fingerprint density at radius 1 is 0.221 bits per heavy atom. The highest BCUT2D eigenvalue weighted by Crippen LogP contribution is 2.65. The van der Waals surface area contributed by atoms with Crippen LogP contribution in [0.5, 0.6) is 23.0 Å². The maximum Gasteiger partial charge on any atom is 0.132 e. The van der Waals surface area contributed by atoms with Gasteiger partial charge in [-0.15, -0.1) is 0 Å². The van der Waals surface area contributed by atoms with E-state index in [4.69, 9.17) is 9.47 Å². The van der Waals surface area contributed by atoms with Crippen molar-refractivity contribution in [1.29, 1.82) is 0 Å². The van der Waals surface area contributed by atoms with Crippen molar-refractivity contribution in [3.05, 3.63) is 330 Å². The summed E-state index contributed by atoms with van der Waals surface area (Å²) >= 11 is 0. The van der Waals surface area contributed by atoms with E-state index in [9.17, 15) is 0 Å². The zero-order valence-corrected chi connectivity index (χ0v) is 41.9. The molecule has 0 bridgehead atoms. The summed E-state index contributed by atoms with van der Waals surface area (Å²) in [6.07, 6.45) is 0. The Kier molecular flexibility index (Phi) is 9.47. The Morgan fingerprint density at radius 3 is 0.961 bits per heavy atom. The van der Waals surface area contributed by atoms with Gasteiger partial charge in [0.1, 0.15) is 23.0 Å². The van der Waals surface area contributed by atoms with Crippen molar-refractivity contribution in [2.24, 2.45) is 0 Å². The second kappa shape index (κ2) is 16.8. The SMILES string of the molecule is c1ccc(-c2ccccc2N(c2ccc(-c3cccc4c3-c3ccccc3C43c4ccccc4Oc4ccccc43)cc2)c2ccc(-c3cccc4c3-c3ccccc3C43c4ccccc4Oc4ccccc43)cc2)cc1. The van der Waals surface area contributed by atoms with E-state index in [0.717, 1.165) is 84.6 Å². The van der Waals surface area contributed by atoms with Crippen LogP contribution in [-0.4, -0.2) is 0 Å². The summed E-state index contributed by atoms with van der Waals surface area (Å²) in [7, 11) is 0. The lowest BCUT2D eigenvalue weighted by Crippen LogP contribution is -2.32. The van der Waals surface area contributed by atoms with Crippen molar-refractivity contribution in [1.82, 2.24) is 0 Å². The predicted molar refractivity (Wildman–Crippen MR) is 312 cm³/mol. The molecule has 3 heteroatoms. The molecule has 0 radical (unpaired) electrons. The average Bonchev–Trinajstić information content (AvgIpc) is 4.13. The van der Waals surface area contributed by atoms with Crippen molar-refractivity contribution >= 4 is 17.1 Å². The van der Waals surface area contributed by atoms with Crippen LogP contribution in [0.1, 0.15) is 44.5 Å². The molecule has 4 aliphatic rings. The molecule has 0 unspecified atom stereocenters. The minimum absolute atomic E-state index is 0.538. The van der Waals surface area contributed by atoms with Gasteiger partial charge in [-0.2, -0.15) is 0 Å². The summed E-state index contributed by atoms with van der Waals surface area (Å²) in [5, 5.41) is 0. The largest absolute Gasteiger partial charge is 0.457 e. The Hall–Kier alpha value is -9.96. The van der Waals surface area contributed by atoms with E-state index in [2.05, 4.69) is 290 Å². The quantitative estimate of drug-likeness (QED) is 0.166. The predicted octanol–water partition coefficient (Wildman–Crippen LogP) is 19.1. The molecule has 0 atom stereocenters. The summed E-state index contributed by atoms with van der Waals surface area (Å²) in [5.41, 5.74) is 23.9. The number of hydrogen-bond donors (Lipinski definition) is 0. The molecule has 12 aromatic rings. The van der Waals surface area contributed by atoms with E-state index < -0.39 is 10.8 Å². The van der Waals surface area contributed by atoms with E-state index >= 15 is 0 Å². The highest BCUT2D eigenvalue weighted by Gasteiger charge is 2.53. The fourth-order valence-electron chi connectivity index (χ4n) is 13.8. The first-order chi connectivity index (χ1) is 38.2. The number of para-hydroxylation sites is 5. The van der Waals surface area contributed by atoms with E-state index in [1.807, 2.05) is 0 Å². The maximum absolute atomic E-state index is 6.65. The molecule has 0 saturated heterocycles. The van der Waals surface area contributed by atoms with Gasteiger partial charge in [-0.3, -0.25) is 0 Å². The Bertz CT molecular complexity index is 4010. The van der Waals surface area contributed by atoms with Crippen LogP contribution in [0.15, 0.2) is 285 Å². The van der Waals surface area contributed by atoms with Crippen LogP contribution in [0.4, 0.5) is 17.1 Å². The molecule has 0 amide bonds. The van der Waals surface area contributed by atoms with Crippen molar-refractivity contribution in [3.8, 4) is 78.6 Å². The minimum Gasteiger partial charge on any atom is -0.457 e. The van der Waals surface area contributed by atoms with E-state index in [1.54, 1.807) is 0 Å². The first-order valence-electron chi connectivity index (χ1n) is 26.6. The van der Waals surface area contributed by atoms with Gasteiger partial charge in [0.25, 0.3) is 0 Å². The molecule has 2 heterocycles. The van der Waals surface area contributed by atoms with Crippen LogP contribution < -0.4 is 14.4 Å². The molecular weight excluding hydrogens is 935 g/mol. The number of anilines is 3. The first-order valence-corrected chi connectivity index (χ1v) is 26.6. The third-order valence-electron chi connectivity index (χ3n) is 16.8. The number of nitrogens with zero attached hydrogens (tertiary/aromatic N) is 1. The van der Waals surface area contributed by atoms with Gasteiger partial charge in [0.2, 0.25) is 0 Å². The summed E-state index contributed by atoms with van der Waals surface area (Å²) in [4.78, 5) is 2.42. The van der Waals surface area contributed by atoms with Gasteiger partial charge in [-0.1, -0.05) is 231 Å². The van der Waals surface area contributed by atoms with Crippen LogP contribution in [0.25, 0.3) is 55.6 Å². The molecule has 3 nitrogen and oxygen atoms in total. The van der Waals surface area contributed by atoms with Gasteiger partial charge in [0.15, 0.2) is 0 Å². The van der Waals surface area contributed by atoms with E-state index in [0.29, 0.717) is 0 Å². The molecule has 0 N–H and O–H groups in total. The van der Waals surface area contributed by atoms with E-state index in [-0.39, 0.29) is 0 Å². The summed E-state index contributed by atoms with van der Waals surface area (Å²) in [6, 6.07) is 104. The third-order valence-corrected chi connectivity index (χ3v) is 16.8. The lowest BCUT2D eigenvalue weighted by molar-refractivity contribution is 0.436. The highest BCUT2D eigenvalue weighted by molar-refractivity contribution is 5.99. The lowest BCUT2D eigenvalue weighted by Gasteiger charge is -2.39. The molecule has 2 aliphatic heterocycles. The van der Waals surface area contributed by atoms with Gasteiger partial charge >= 0.3 is 0 Å². The smallest absolute Gasteiger partial charge is 0.132 e. The van der Waals surface area contributed by atoms with Crippen LogP contribution in [0, 0.1) is 0 Å². The van der Waals surface area contributed by atoms with Crippen molar-refractivity contribution in [2.45, 2.75) is 10.8 Å². The Balaban J connectivity index is 0.840. The Morgan fingerprint density at radius 2 is 0.532 bits per heavy atom. The number of hydrogen-bond acceptors (Lipinski definition) is 3. The molecule has 16 rings (SSSR count). The first kappa shape index (κ1) is 43.4. The van der Waals surface area contributed by atoms with Crippen molar-refractivity contribution < 1.29 is 9.47 Å². The zero-order chi connectivity index (χ0) is 50.7. The highest BCUT2D eigenvalue weighted by atomic mass is 16.5. The van der Waals surface area contributed by atoms with Gasteiger partial charge in [-0.25, -0.2) is 0 Å². The maximum atomic E-state index is 6.65. The van der Waals surface area contributed by atoms with Crippen LogP contribution in [0.3, 0.4) is 0 Å². The topological polar surface area (TPSA) is 21.7 Å². The molecule has 360 valence electrons. The summed E-state index contributed by atoms with van der Waals surface area (Å²) in [5.74, 6) is 3.58. The molecule has 12 aromatic carbocycles. The van der Waals surface area contributed by atoms with Gasteiger partial charge < -0.3 is 14.4 Å². The van der Waals surface area contributed by atoms with Crippen molar-refractivity contribution in [3.63, 3.8) is 0 Å². The normalized spacial score (nSPS) is 13.9. The standard InChI is InChI=1S/C74H47NO2/c1-2-20-48(21-3-1)53-22-6-13-35-66(53)75(51-44-40-49(41-45-51)54-25-18-33-64-71(54)56-23-4-7-27-58(56)73(64)60-29-9-14-36-67(60)76-68-37-15-10-30-61(68)73)52-46-42-50(43-47-52)55-26-19-34-65-72(55)57-24-5-8-28-59(57)74(65)62-31-11-16-38-69(62)77-70-39-17-12-32-63(70)74/h1-47H. The number of rotatable bonds is 6. The summed E-state index contributed by atoms with van der Waals surface area (Å²) < 4.78 is 13.3. The van der Waals surface area contributed by atoms with Crippen molar-refractivity contribution in [2.75, 3.05) is 4.90 Å². The molecule has 77 heavy (non-hydrogen) atoms. The van der Waals surface area contributed by atoms with Gasteiger partial charge in [-0.05, 0) is 127 Å². The molecule has 0 saturated carbocycles. The van der Waals surface area contributed by atoms with Crippen LogP contribution >= 0.6 is 0 Å². The minimum atomic E-state index is -0.538. The molecule has 0 aromatic heterocycles. The second-order valence-corrected chi connectivity index (χ2v) is 20.5. The second-order valence-electron chi connectivity index (χ2n) is 20.5. The Labute approximate surface area is 448 Å². The molecular formula is C74H47NO2. The monoisotopic (exact) mass is 981 g/mol. The number of fused-ring (bicyclic) bond motifs is 18. The lowest BCUT2D eigenvalue weighted by atomic mass is 9.66. The fourth-order valence-corrected chi connectivity index (χ4v) is 13.8. The average molecular weight is 982 g/mol. The zero-order valence-electron chi connectivity index (χ0n) is 41.9.